The Hall–Kier alpha value is -2.38. The number of ether oxygens (including phenoxy) is 3. The lowest BCUT2D eigenvalue weighted by Gasteiger charge is -2.41. The maximum absolute atomic E-state index is 13.5. The van der Waals surface area contributed by atoms with E-state index in [1.54, 1.807) is 6.08 Å². The third kappa shape index (κ3) is 54.7. The van der Waals surface area contributed by atoms with Crippen LogP contribution in [0.15, 0.2) is 48.6 Å². The van der Waals surface area contributed by atoms with Crippen molar-refractivity contribution >= 4 is 11.9 Å². The fourth-order valence-electron chi connectivity index (χ4n) is 12.7. The molecule has 11 heteroatoms. The van der Waals surface area contributed by atoms with Gasteiger partial charge in [0.05, 0.1) is 25.4 Å². The van der Waals surface area contributed by atoms with Crippen LogP contribution in [-0.2, 0) is 23.8 Å². The molecule has 0 bridgehead atoms. The molecule has 0 aromatic heterocycles. The van der Waals surface area contributed by atoms with E-state index in [4.69, 9.17) is 14.2 Å². The summed E-state index contributed by atoms with van der Waals surface area (Å²) >= 11 is 0. The van der Waals surface area contributed by atoms with Crippen LogP contribution in [0.1, 0.15) is 393 Å². The van der Waals surface area contributed by atoms with Crippen LogP contribution in [0.3, 0.4) is 0 Å². The molecule has 1 amide bonds. The molecule has 1 aliphatic rings. The van der Waals surface area contributed by atoms with Crippen LogP contribution >= 0.6 is 0 Å². The summed E-state index contributed by atoms with van der Waals surface area (Å²) in [6.45, 7) is 5.83. The van der Waals surface area contributed by atoms with E-state index in [1.165, 1.54) is 283 Å². The van der Waals surface area contributed by atoms with Gasteiger partial charge >= 0.3 is 5.97 Å². The highest BCUT2D eigenvalue weighted by atomic mass is 16.7. The Bertz CT molecular complexity index is 1690. The first-order chi connectivity index (χ1) is 45.2. The Balaban J connectivity index is 2.48. The molecule has 0 aromatic carbocycles. The van der Waals surface area contributed by atoms with Gasteiger partial charge in [-0.1, -0.05) is 352 Å². The number of hydrogen-bond donors (Lipinski definition) is 6. The summed E-state index contributed by atoms with van der Waals surface area (Å²) < 4.78 is 17.8. The molecule has 8 unspecified atom stereocenters. The molecule has 92 heavy (non-hydrogen) atoms. The number of aliphatic hydroxyl groups is 5. The lowest BCUT2D eigenvalue weighted by molar-refractivity contribution is -0.305. The Morgan fingerprint density at radius 1 is 0.424 bits per heavy atom. The molecule has 1 fully saturated rings. The van der Waals surface area contributed by atoms with Gasteiger partial charge in [0, 0.05) is 6.42 Å². The first-order valence-electron chi connectivity index (χ1n) is 39.9. The second-order valence-corrected chi connectivity index (χ2v) is 27.8. The second-order valence-electron chi connectivity index (χ2n) is 27.8. The van der Waals surface area contributed by atoms with E-state index >= 15 is 0 Å². The highest BCUT2D eigenvalue weighted by Gasteiger charge is 2.47. The van der Waals surface area contributed by atoms with E-state index in [1.807, 2.05) is 6.08 Å². The minimum atomic E-state index is -1.61. The number of amides is 1. The van der Waals surface area contributed by atoms with Crippen LogP contribution in [0.2, 0.25) is 0 Å². The van der Waals surface area contributed by atoms with Crippen molar-refractivity contribution in [2.75, 3.05) is 13.2 Å². The first-order valence-corrected chi connectivity index (χ1v) is 39.9. The zero-order valence-corrected chi connectivity index (χ0v) is 60.4. The Labute approximate surface area is 567 Å². The van der Waals surface area contributed by atoms with Crippen LogP contribution in [0, 0.1) is 0 Å². The van der Waals surface area contributed by atoms with Gasteiger partial charge < -0.3 is 45.1 Å². The normalized spacial score (nSPS) is 18.1. The maximum Gasteiger partial charge on any atom is 0.306 e. The molecule has 540 valence electrons. The van der Waals surface area contributed by atoms with Gasteiger partial charge in [-0.3, -0.25) is 9.59 Å². The van der Waals surface area contributed by atoms with Crippen LogP contribution in [-0.4, -0.2) is 99.6 Å². The molecule has 0 saturated carbocycles. The maximum atomic E-state index is 13.5. The summed E-state index contributed by atoms with van der Waals surface area (Å²) in [5.74, 6) is -1.18. The Kier molecular flexibility index (Phi) is 65.3. The van der Waals surface area contributed by atoms with E-state index in [9.17, 15) is 35.1 Å². The number of carbonyl (C=O) groups is 2. The van der Waals surface area contributed by atoms with E-state index in [0.29, 0.717) is 19.3 Å². The number of esters is 1. The number of hydrogen-bond acceptors (Lipinski definition) is 10. The summed E-state index contributed by atoms with van der Waals surface area (Å²) in [7, 11) is 0. The topological polar surface area (TPSA) is 175 Å². The molecular weight excluding hydrogens is 1150 g/mol. The summed E-state index contributed by atoms with van der Waals surface area (Å²) in [6.07, 6.45) is 77.4. The van der Waals surface area contributed by atoms with Gasteiger partial charge in [0.25, 0.3) is 0 Å². The van der Waals surface area contributed by atoms with Crippen molar-refractivity contribution in [1.82, 2.24) is 5.32 Å². The molecule has 11 nitrogen and oxygen atoms in total. The van der Waals surface area contributed by atoms with Gasteiger partial charge in [0.15, 0.2) is 12.4 Å². The van der Waals surface area contributed by atoms with E-state index < -0.39 is 67.4 Å². The number of nitrogens with one attached hydrogen (secondary N) is 1. The number of unbranched alkanes of at least 4 members (excludes halogenated alkanes) is 50. The van der Waals surface area contributed by atoms with E-state index in [2.05, 4.69) is 62.5 Å². The average molecular weight is 1300 g/mol. The lowest BCUT2D eigenvalue weighted by Crippen LogP contribution is -2.61. The van der Waals surface area contributed by atoms with Crippen molar-refractivity contribution < 1.29 is 49.3 Å². The first kappa shape index (κ1) is 87.6. The van der Waals surface area contributed by atoms with E-state index in [-0.39, 0.29) is 13.0 Å². The molecule has 6 N–H and O–H groups in total. The van der Waals surface area contributed by atoms with Gasteiger partial charge in [-0.15, -0.1) is 0 Å². The molecule has 1 saturated heterocycles. The summed E-state index contributed by atoms with van der Waals surface area (Å²) in [5.41, 5.74) is 0. The third-order valence-electron chi connectivity index (χ3n) is 19.0. The predicted molar refractivity (Wildman–Crippen MR) is 389 cm³/mol. The SMILES string of the molecule is CCCCC/C=C\C/C=C\CCCCCCCCCCCCCCCCCCC(O)C(=O)NC(COC1OC(CO)C(O)C(O)C1OC(=O)CCCCCCCCCCCCCCCCC/C=C/CCCCCCCC)C(O)/C=C/CCCCCCCCCCCC. The van der Waals surface area contributed by atoms with Gasteiger partial charge in [0.2, 0.25) is 5.91 Å². The van der Waals surface area contributed by atoms with Gasteiger partial charge in [0.1, 0.15) is 24.4 Å². The Morgan fingerprint density at radius 3 is 1.14 bits per heavy atom. The molecule has 0 spiro atoms. The van der Waals surface area contributed by atoms with E-state index in [0.717, 1.165) is 64.2 Å². The van der Waals surface area contributed by atoms with Crippen LogP contribution < -0.4 is 5.32 Å². The monoisotopic (exact) mass is 1300 g/mol. The fraction of sp³-hybridized carbons (Fsp3) is 0.877. The molecule has 1 rings (SSSR count). The average Bonchev–Trinajstić information content (AvgIpc) is 0.881. The molecule has 1 aliphatic heterocycles. The summed E-state index contributed by atoms with van der Waals surface area (Å²) in [4.78, 5) is 26.8. The minimum absolute atomic E-state index is 0.128. The standard InChI is InChI=1S/C81H151NO10/c1-4-7-10-13-16-19-22-25-27-29-31-33-35-37-39-40-42-44-46-48-50-53-56-59-62-65-68-74(85)80(89)82-72(73(84)67-64-61-58-55-52-24-21-18-15-12-9-6-3)71-90-81-79(78(88)77(87)75(70-83)91-81)92-76(86)69-66-63-60-57-54-51-49-47-45-43-41-38-36-34-32-30-28-26-23-20-17-14-11-8-5-2/h16,19,25-28,64,67,72-75,77-79,81,83-85,87-88H,4-15,17-18,20-24,29-63,65-66,68-71H2,1-3H3,(H,82,89)/b19-16-,27-25-,28-26+,67-64+. The van der Waals surface area contributed by atoms with Crippen LogP contribution in [0.5, 0.6) is 0 Å². The number of carbonyl (C=O) groups excluding carboxylic acids is 2. The Morgan fingerprint density at radius 2 is 0.750 bits per heavy atom. The third-order valence-corrected chi connectivity index (χ3v) is 19.0. The van der Waals surface area contributed by atoms with Crippen molar-refractivity contribution in [1.29, 1.82) is 0 Å². The minimum Gasteiger partial charge on any atom is -0.454 e. The van der Waals surface area contributed by atoms with Crippen LogP contribution in [0.25, 0.3) is 0 Å². The smallest absolute Gasteiger partial charge is 0.306 e. The van der Waals surface area contributed by atoms with Gasteiger partial charge in [-0.2, -0.15) is 0 Å². The molecule has 0 aromatic rings. The highest BCUT2D eigenvalue weighted by Crippen LogP contribution is 2.27. The second kappa shape index (κ2) is 68.6. The fourth-order valence-corrected chi connectivity index (χ4v) is 12.7. The van der Waals surface area contributed by atoms with Crippen molar-refractivity contribution in [3.05, 3.63) is 48.6 Å². The molecule has 8 atom stereocenters. The van der Waals surface area contributed by atoms with Gasteiger partial charge in [-0.05, 0) is 83.5 Å². The quantitative estimate of drug-likeness (QED) is 0.0195. The van der Waals surface area contributed by atoms with Gasteiger partial charge in [-0.25, -0.2) is 0 Å². The number of rotatable bonds is 70. The van der Waals surface area contributed by atoms with Crippen molar-refractivity contribution in [3.8, 4) is 0 Å². The number of allylic oxidation sites excluding steroid dienone is 7. The number of aliphatic hydroxyl groups excluding tert-OH is 5. The lowest BCUT2D eigenvalue weighted by atomic mass is 9.99. The summed E-state index contributed by atoms with van der Waals surface area (Å²) in [5, 5.41) is 57.4. The molecule has 0 aliphatic carbocycles. The van der Waals surface area contributed by atoms with Crippen molar-refractivity contribution in [3.63, 3.8) is 0 Å². The molecular formula is C81H151NO10. The predicted octanol–water partition coefficient (Wildman–Crippen LogP) is 21.5. The molecule has 1 heterocycles. The highest BCUT2D eigenvalue weighted by molar-refractivity contribution is 5.80. The zero-order valence-electron chi connectivity index (χ0n) is 60.4. The summed E-state index contributed by atoms with van der Waals surface area (Å²) in [6, 6.07) is -1.02. The largest absolute Gasteiger partial charge is 0.454 e. The van der Waals surface area contributed by atoms with Crippen molar-refractivity contribution in [2.24, 2.45) is 0 Å². The van der Waals surface area contributed by atoms with Crippen LogP contribution in [0.4, 0.5) is 0 Å². The molecule has 0 radical (unpaired) electrons. The zero-order chi connectivity index (χ0) is 66.7. The van der Waals surface area contributed by atoms with Crippen molar-refractivity contribution in [2.45, 2.75) is 442 Å².